The third kappa shape index (κ3) is 2.76. The van der Waals surface area contributed by atoms with E-state index in [4.69, 9.17) is 4.42 Å². The SMILES string of the molecule is CC(C)c1nc2ccc(NS(C)(=O)=O)cc2o1. The second-order valence-electron chi connectivity index (χ2n) is 4.26. The molecule has 0 fully saturated rings. The maximum Gasteiger partial charge on any atom is 0.229 e. The predicted molar refractivity (Wildman–Crippen MR) is 66.6 cm³/mol. The molecule has 2 aromatic rings. The molecule has 0 spiro atoms. The molecular formula is C11H14N2O3S. The Bertz CT molecular complexity index is 644. The van der Waals surface area contributed by atoms with Crippen molar-refractivity contribution in [2.75, 3.05) is 11.0 Å². The number of rotatable bonds is 3. The van der Waals surface area contributed by atoms with Crippen LogP contribution >= 0.6 is 0 Å². The largest absolute Gasteiger partial charge is 0.440 e. The van der Waals surface area contributed by atoms with Gasteiger partial charge in [-0.1, -0.05) is 13.8 Å². The van der Waals surface area contributed by atoms with Gasteiger partial charge in [-0.15, -0.1) is 0 Å². The maximum absolute atomic E-state index is 11.1. The molecule has 6 heteroatoms. The van der Waals surface area contributed by atoms with Gasteiger partial charge in [-0.3, -0.25) is 4.72 Å². The molecule has 0 aliphatic heterocycles. The molecule has 0 saturated carbocycles. The molecule has 0 aliphatic rings. The van der Waals surface area contributed by atoms with Crippen molar-refractivity contribution in [3.63, 3.8) is 0 Å². The smallest absolute Gasteiger partial charge is 0.229 e. The van der Waals surface area contributed by atoms with Gasteiger partial charge in [-0.25, -0.2) is 13.4 Å². The van der Waals surface area contributed by atoms with Crippen molar-refractivity contribution >= 4 is 26.8 Å². The third-order valence-electron chi connectivity index (χ3n) is 2.20. The van der Waals surface area contributed by atoms with Gasteiger partial charge in [-0.2, -0.15) is 0 Å². The van der Waals surface area contributed by atoms with Crippen LogP contribution in [0.2, 0.25) is 0 Å². The monoisotopic (exact) mass is 254 g/mol. The van der Waals surface area contributed by atoms with Crippen LogP contribution in [0.1, 0.15) is 25.7 Å². The van der Waals surface area contributed by atoms with Crippen LogP contribution in [-0.4, -0.2) is 19.7 Å². The average Bonchev–Trinajstić information content (AvgIpc) is 2.57. The zero-order valence-electron chi connectivity index (χ0n) is 9.89. The minimum absolute atomic E-state index is 0.203. The van der Waals surface area contributed by atoms with Gasteiger partial charge in [0.1, 0.15) is 5.52 Å². The lowest BCUT2D eigenvalue weighted by atomic mass is 10.2. The molecule has 92 valence electrons. The number of oxazole rings is 1. The molecule has 17 heavy (non-hydrogen) atoms. The van der Waals surface area contributed by atoms with Gasteiger partial charge in [0.2, 0.25) is 10.0 Å². The molecule has 1 aromatic heterocycles. The van der Waals surface area contributed by atoms with E-state index in [2.05, 4.69) is 9.71 Å². The molecule has 0 unspecified atom stereocenters. The lowest BCUT2D eigenvalue weighted by molar-refractivity contribution is 0.501. The fraction of sp³-hybridized carbons (Fsp3) is 0.364. The van der Waals surface area contributed by atoms with E-state index in [9.17, 15) is 8.42 Å². The number of hydrogen-bond acceptors (Lipinski definition) is 4. The topological polar surface area (TPSA) is 72.2 Å². The number of benzene rings is 1. The average molecular weight is 254 g/mol. The Morgan fingerprint density at radius 2 is 2.06 bits per heavy atom. The summed E-state index contributed by atoms with van der Waals surface area (Å²) >= 11 is 0. The minimum atomic E-state index is -3.27. The minimum Gasteiger partial charge on any atom is -0.440 e. The summed E-state index contributed by atoms with van der Waals surface area (Å²) in [6.45, 7) is 3.97. The van der Waals surface area contributed by atoms with E-state index in [1.807, 2.05) is 13.8 Å². The normalized spacial score (nSPS) is 12.2. The van der Waals surface area contributed by atoms with Crippen LogP contribution in [0.3, 0.4) is 0 Å². The highest BCUT2D eigenvalue weighted by molar-refractivity contribution is 7.92. The van der Waals surface area contributed by atoms with Crippen LogP contribution in [0.15, 0.2) is 22.6 Å². The van der Waals surface area contributed by atoms with Crippen LogP contribution < -0.4 is 4.72 Å². The van der Waals surface area contributed by atoms with Crippen molar-refractivity contribution in [3.05, 3.63) is 24.1 Å². The number of anilines is 1. The second kappa shape index (κ2) is 4.03. The molecule has 0 aliphatic carbocycles. The highest BCUT2D eigenvalue weighted by Gasteiger charge is 2.10. The fourth-order valence-electron chi connectivity index (χ4n) is 1.47. The first-order valence-electron chi connectivity index (χ1n) is 5.23. The number of aromatic nitrogens is 1. The lowest BCUT2D eigenvalue weighted by Gasteiger charge is -2.01. The molecule has 1 aromatic carbocycles. The van der Waals surface area contributed by atoms with Gasteiger partial charge < -0.3 is 4.42 Å². The zero-order chi connectivity index (χ0) is 12.6. The quantitative estimate of drug-likeness (QED) is 0.912. The standard InChI is InChI=1S/C11H14N2O3S/c1-7(2)11-12-9-5-4-8(6-10(9)16-11)13-17(3,14)15/h4-7,13H,1-3H3. The molecule has 0 atom stereocenters. The van der Waals surface area contributed by atoms with Gasteiger partial charge >= 0.3 is 0 Å². The van der Waals surface area contributed by atoms with Crippen LogP contribution in [0, 0.1) is 0 Å². The Hall–Kier alpha value is -1.56. The molecule has 1 heterocycles. The fourth-order valence-corrected chi connectivity index (χ4v) is 2.02. The Morgan fingerprint density at radius 1 is 1.35 bits per heavy atom. The van der Waals surface area contributed by atoms with E-state index in [1.165, 1.54) is 0 Å². The molecule has 0 saturated heterocycles. The second-order valence-corrected chi connectivity index (χ2v) is 6.01. The number of nitrogens with zero attached hydrogens (tertiary/aromatic N) is 1. The predicted octanol–water partition coefficient (Wildman–Crippen LogP) is 2.32. The van der Waals surface area contributed by atoms with Crippen molar-refractivity contribution in [3.8, 4) is 0 Å². The Kier molecular flexibility index (Phi) is 2.82. The first kappa shape index (κ1) is 11.9. The summed E-state index contributed by atoms with van der Waals surface area (Å²) < 4.78 is 30.1. The summed E-state index contributed by atoms with van der Waals surface area (Å²) in [4.78, 5) is 4.31. The maximum atomic E-state index is 11.1. The van der Waals surface area contributed by atoms with E-state index >= 15 is 0 Å². The van der Waals surface area contributed by atoms with Gasteiger partial charge in [0, 0.05) is 12.0 Å². The molecule has 1 N–H and O–H groups in total. The highest BCUT2D eigenvalue weighted by atomic mass is 32.2. The van der Waals surface area contributed by atoms with Crippen LogP contribution in [0.4, 0.5) is 5.69 Å². The van der Waals surface area contributed by atoms with Crippen molar-refractivity contribution in [2.24, 2.45) is 0 Å². The summed E-state index contributed by atoms with van der Waals surface area (Å²) in [7, 11) is -3.27. The Labute approximate surface area is 99.9 Å². The van der Waals surface area contributed by atoms with Gasteiger partial charge in [0.15, 0.2) is 11.5 Å². The van der Waals surface area contributed by atoms with Gasteiger partial charge in [0.25, 0.3) is 0 Å². The first-order chi connectivity index (χ1) is 7.85. The number of hydrogen-bond donors (Lipinski definition) is 1. The van der Waals surface area contributed by atoms with Crippen LogP contribution in [-0.2, 0) is 10.0 Å². The Morgan fingerprint density at radius 3 is 2.65 bits per heavy atom. The summed E-state index contributed by atoms with van der Waals surface area (Å²) in [6.07, 6.45) is 1.11. The van der Waals surface area contributed by atoms with Crippen LogP contribution in [0.5, 0.6) is 0 Å². The van der Waals surface area contributed by atoms with Gasteiger partial charge in [-0.05, 0) is 12.1 Å². The number of sulfonamides is 1. The Balaban J connectivity index is 2.43. The van der Waals surface area contributed by atoms with Crippen molar-refractivity contribution in [1.82, 2.24) is 4.98 Å². The highest BCUT2D eigenvalue weighted by Crippen LogP contribution is 2.24. The summed E-state index contributed by atoms with van der Waals surface area (Å²) in [6, 6.07) is 5.03. The number of fused-ring (bicyclic) bond motifs is 1. The van der Waals surface area contributed by atoms with Crippen LogP contribution in [0.25, 0.3) is 11.1 Å². The lowest BCUT2D eigenvalue weighted by Crippen LogP contribution is -2.09. The van der Waals surface area contributed by atoms with E-state index in [-0.39, 0.29) is 5.92 Å². The summed E-state index contributed by atoms with van der Waals surface area (Å²) in [5, 5.41) is 0. The van der Waals surface area contributed by atoms with Crippen molar-refractivity contribution < 1.29 is 12.8 Å². The summed E-state index contributed by atoms with van der Waals surface area (Å²) in [5.74, 6) is 0.852. The summed E-state index contributed by atoms with van der Waals surface area (Å²) in [5.41, 5.74) is 1.79. The molecule has 5 nitrogen and oxygen atoms in total. The van der Waals surface area contributed by atoms with E-state index < -0.39 is 10.0 Å². The molecule has 0 bridgehead atoms. The van der Waals surface area contributed by atoms with E-state index in [1.54, 1.807) is 18.2 Å². The molecule has 2 rings (SSSR count). The number of nitrogens with one attached hydrogen (secondary N) is 1. The van der Waals surface area contributed by atoms with Crippen molar-refractivity contribution in [1.29, 1.82) is 0 Å². The third-order valence-corrected chi connectivity index (χ3v) is 2.81. The van der Waals surface area contributed by atoms with E-state index in [0.717, 1.165) is 11.8 Å². The first-order valence-corrected chi connectivity index (χ1v) is 7.12. The van der Waals surface area contributed by atoms with Crippen molar-refractivity contribution in [2.45, 2.75) is 19.8 Å². The van der Waals surface area contributed by atoms with Gasteiger partial charge in [0.05, 0.1) is 11.9 Å². The molecule has 0 radical (unpaired) electrons. The molecule has 0 amide bonds. The molecular weight excluding hydrogens is 240 g/mol. The zero-order valence-corrected chi connectivity index (χ0v) is 10.7. The van der Waals surface area contributed by atoms with E-state index in [0.29, 0.717) is 17.2 Å².